The summed E-state index contributed by atoms with van der Waals surface area (Å²) in [4.78, 5) is 65.9. The molecular formula is C88H174N4O15P2. The van der Waals surface area contributed by atoms with Crippen LogP contribution in [0, 0.1) is 0 Å². The van der Waals surface area contributed by atoms with Crippen molar-refractivity contribution < 1.29 is 70.1 Å². The number of unbranched alkanes of at least 4 members (excludes halogenated alkanes) is 47. The first-order valence-electron chi connectivity index (χ1n) is 45.9. The molecule has 0 aromatic carbocycles. The molecule has 4 unspecified atom stereocenters. The maximum Gasteiger partial charge on any atom is 0.327 e. The van der Waals surface area contributed by atoms with Gasteiger partial charge in [-0.15, -0.1) is 0 Å². The topological polar surface area (TPSA) is 241 Å². The third kappa shape index (κ3) is 77.7. The number of nitrogens with one attached hydrogen (secondary N) is 4. The molecule has 0 aromatic heterocycles. The summed E-state index contributed by atoms with van der Waals surface area (Å²) < 4.78 is 74.9. The number of ether oxygens (including phenoxy) is 4. The molecule has 0 bridgehead atoms. The van der Waals surface area contributed by atoms with Gasteiger partial charge in [-0.1, -0.05) is 343 Å². The Morgan fingerprint density at radius 2 is 0.514 bits per heavy atom. The van der Waals surface area contributed by atoms with Gasteiger partial charge in [0.1, 0.15) is 12.2 Å². The zero-order chi connectivity index (χ0) is 79.9. The Morgan fingerprint density at radius 1 is 0.275 bits per heavy atom. The number of esters is 2. The second kappa shape index (κ2) is 80.6. The summed E-state index contributed by atoms with van der Waals surface area (Å²) in [5.41, 5.74) is 0. The van der Waals surface area contributed by atoms with E-state index in [-0.39, 0.29) is 88.7 Å². The number of hydrogen-bond donors (Lipinski definition) is 4. The van der Waals surface area contributed by atoms with E-state index in [9.17, 15) is 33.1 Å². The molecule has 646 valence electrons. The maximum atomic E-state index is 13.7. The molecule has 21 heteroatoms. The molecule has 0 spiro atoms. The quantitative estimate of drug-likeness (QED) is 0.0251. The van der Waals surface area contributed by atoms with E-state index in [1.165, 1.54) is 225 Å². The van der Waals surface area contributed by atoms with Gasteiger partial charge in [0.05, 0.1) is 64.9 Å². The van der Waals surface area contributed by atoms with E-state index in [1.54, 1.807) is 0 Å². The molecule has 0 rings (SSSR count). The third-order valence-electron chi connectivity index (χ3n) is 20.6. The second-order valence-corrected chi connectivity index (χ2v) is 35.8. The summed E-state index contributed by atoms with van der Waals surface area (Å²) >= 11 is 0. The highest BCUT2D eigenvalue weighted by molar-refractivity contribution is 7.53. The summed E-state index contributed by atoms with van der Waals surface area (Å²) in [6.45, 7) is 16.3. The average Bonchev–Trinajstić information content (AvgIpc) is 0.916. The zero-order valence-corrected chi connectivity index (χ0v) is 73.8. The summed E-state index contributed by atoms with van der Waals surface area (Å²) in [6.07, 6.45) is 65.9. The van der Waals surface area contributed by atoms with Crippen LogP contribution in [0.1, 0.15) is 433 Å². The second-order valence-electron chi connectivity index (χ2n) is 31.7. The summed E-state index contributed by atoms with van der Waals surface area (Å²) in [7, 11) is -7.36. The average molecular weight is 1590 g/mol. The van der Waals surface area contributed by atoms with Gasteiger partial charge in [-0.25, -0.2) is 4.79 Å². The minimum absolute atomic E-state index is 0.00604. The predicted molar refractivity (Wildman–Crippen MR) is 453 cm³/mol. The normalized spacial score (nSPS) is 13.8. The number of rotatable bonds is 87. The predicted octanol–water partition coefficient (Wildman–Crippen LogP) is 24.7. The van der Waals surface area contributed by atoms with Gasteiger partial charge >= 0.3 is 33.2 Å². The molecule has 0 saturated heterocycles. The number of carbonyl (C=O) groups excluding carboxylic acids is 5. The van der Waals surface area contributed by atoms with Crippen LogP contribution in [0.3, 0.4) is 0 Å². The van der Waals surface area contributed by atoms with Crippen LogP contribution in [0.25, 0.3) is 0 Å². The van der Waals surface area contributed by atoms with Crippen molar-refractivity contribution in [1.82, 2.24) is 21.3 Å². The highest BCUT2D eigenvalue weighted by Crippen LogP contribution is 2.44. The molecule has 0 fully saturated rings. The fourth-order valence-corrected chi connectivity index (χ4v) is 15.5. The van der Waals surface area contributed by atoms with Gasteiger partial charge in [0.15, 0.2) is 0 Å². The van der Waals surface area contributed by atoms with Crippen molar-refractivity contribution in [3.63, 3.8) is 0 Å². The van der Waals surface area contributed by atoms with Gasteiger partial charge in [0.25, 0.3) is 0 Å². The maximum absolute atomic E-state index is 13.7. The smallest absolute Gasteiger partial charge is 0.327 e. The summed E-state index contributed by atoms with van der Waals surface area (Å²) in [6, 6.07) is -1.80. The summed E-state index contributed by atoms with van der Waals surface area (Å²) in [5, 5.41) is 11.5. The Bertz CT molecular complexity index is 2150. The van der Waals surface area contributed by atoms with Crippen LogP contribution in [-0.4, -0.2) is 133 Å². The molecule has 19 nitrogen and oxygen atoms in total. The number of hydrogen-bond acceptors (Lipinski definition) is 15. The first-order valence-corrected chi connectivity index (χ1v) is 49.9. The summed E-state index contributed by atoms with van der Waals surface area (Å²) in [5.74, 6) is -0.577. The van der Waals surface area contributed by atoms with Gasteiger partial charge in [0, 0.05) is 64.9 Å². The minimum atomic E-state index is -3.68. The fourth-order valence-electron chi connectivity index (χ4n) is 13.6. The van der Waals surface area contributed by atoms with Crippen LogP contribution < -0.4 is 21.3 Å². The van der Waals surface area contributed by atoms with E-state index in [4.69, 9.17) is 37.0 Å². The van der Waals surface area contributed by atoms with E-state index in [0.29, 0.717) is 51.7 Å². The van der Waals surface area contributed by atoms with Crippen LogP contribution in [0.4, 0.5) is 4.79 Å². The number of carbonyl (C=O) groups is 5. The molecule has 4 amide bonds. The molecule has 0 saturated carbocycles. The van der Waals surface area contributed by atoms with Gasteiger partial charge in [-0.2, -0.15) is 0 Å². The highest BCUT2D eigenvalue weighted by atomic mass is 31.2. The molecule has 0 aliphatic rings. The Labute approximate surface area is 669 Å². The SMILES string of the molecule is CCCCCCCCCCCCCCC(=O)N[C@H](COCCC(CCCCCCC)OC(=O)CCCCCCCCCCCC)COP(C)(=O)OCCNC(=O)NCCOP(C)(=O)OC[C@@H](COCCC(CCCCCCC)OC(=O)CCCCCCCCCCCC)NC(=O)CCCCCCCCCCCCC. The number of urea groups is 1. The van der Waals surface area contributed by atoms with Crippen molar-refractivity contribution in [3.05, 3.63) is 0 Å². The zero-order valence-electron chi connectivity index (χ0n) is 72.0. The van der Waals surface area contributed by atoms with E-state index in [0.717, 1.165) is 141 Å². The molecule has 0 aliphatic carbocycles. The molecular weight excluding hydrogens is 1410 g/mol. The first kappa shape index (κ1) is 106. The first-order chi connectivity index (χ1) is 53.0. The van der Waals surface area contributed by atoms with Crippen molar-refractivity contribution in [2.24, 2.45) is 0 Å². The van der Waals surface area contributed by atoms with Gasteiger partial charge in [-0.3, -0.25) is 28.3 Å². The van der Waals surface area contributed by atoms with Crippen molar-refractivity contribution in [1.29, 1.82) is 0 Å². The monoisotopic (exact) mass is 1590 g/mol. The van der Waals surface area contributed by atoms with Crippen LogP contribution >= 0.6 is 15.2 Å². The lowest BCUT2D eigenvalue weighted by Crippen LogP contribution is -2.41. The van der Waals surface area contributed by atoms with Crippen molar-refractivity contribution in [2.45, 2.75) is 458 Å². The van der Waals surface area contributed by atoms with Crippen molar-refractivity contribution >= 4 is 45.0 Å². The third-order valence-corrected chi connectivity index (χ3v) is 23.1. The standard InChI is InChI=1S/C88H174N4O15P2/c1-9-15-21-27-31-35-39-41-43-47-53-59-65-85(94)92-81(77-101-73-69-83(63-57-51-26-20-14-6)107-87(96)67-61-55-49-45-38-34-30-24-18-12-4)79-105-109(8,99)103-75-71-90-88(97)89-70-74-102-108(7,98)104-78-80(91-84(93)64-58-52-46-42-40-36-32-28-22-16-10-2)76-100-72-68-82(62-56-50-25-19-13-5)106-86(95)66-60-54-48-44-37-33-29-23-17-11-3/h80-83H,9-79H2,1-8H3,(H,91,93)(H,92,94)(H2,89,90,97)/t80-,81-,82?,83?,108?,109?/m1/s1. The Kier molecular flexibility index (Phi) is 78.6. The lowest BCUT2D eigenvalue weighted by Gasteiger charge is -2.23. The molecule has 109 heavy (non-hydrogen) atoms. The van der Waals surface area contributed by atoms with Crippen LogP contribution in [0.15, 0.2) is 0 Å². The van der Waals surface area contributed by atoms with E-state index in [2.05, 4.69) is 62.8 Å². The molecule has 6 atom stereocenters. The van der Waals surface area contributed by atoms with Crippen molar-refractivity contribution in [3.8, 4) is 0 Å². The van der Waals surface area contributed by atoms with Gasteiger partial charge < -0.3 is 58.3 Å². The molecule has 0 aromatic rings. The Morgan fingerprint density at radius 3 is 0.780 bits per heavy atom. The van der Waals surface area contributed by atoms with E-state index >= 15 is 0 Å². The van der Waals surface area contributed by atoms with E-state index in [1.807, 2.05) is 0 Å². The molecule has 0 radical (unpaired) electrons. The lowest BCUT2D eigenvalue weighted by atomic mass is 10.0. The van der Waals surface area contributed by atoms with Crippen LogP contribution in [0.5, 0.6) is 0 Å². The van der Waals surface area contributed by atoms with Gasteiger partial charge in [-0.05, 0) is 51.4 Å². The molecule has 0 heterocycles. The van der Waals surface area contributed by atoms with Crippen LogP contribution in [0.2, 0.25) is 0 Å². The Hall–Kier alpha value is -2.63. The largest absolute Gasteiger partial charge is 0.462 e. The van der Waals surface area contributed by atoms with Gasteiger partial charge in [0.2, 0.25) is 11.8 Å². The van der Waals surface area contributed by atoms with E-state index < -0.39 is 33.3 Å². The minimum Gasteiger partial charge on any atom is -0.462 e. The molecule has 4 N–H and O–H groups in total. The number of amides is 4. The van der Waals surface area contributed by atoms with Crippen molar-refractivity contribution in [2.75, 3.05) is 79.3 Å². The fraction of sp³-hybridized carbons (Fsp3) is 0.943. The van der Waals surface area contributed by atoms with Crippen LogP contribution in [-0.2, 0) is 65.4 Å². The highest BCUT2D eigenvalue weighted by Gasteiger charge is 2.25. The molecule has 0 aliphatic heterocycles. The lowest BCUT2D eigenvalue weighted by molar-refractivity contribution is -0.151. The Balaban J connectivity index is 5.58.